The number of hydrogen-bond donors (Lipinski definition) is 0. The van der Waals surface area contributed by atoms with Gasteiger partial charge in [0.25, 0.3) is 0 Å². The lowest BCUT2D eigenvalue weighted by molar-refractivity contribution is 0.660. The zero-order chi connectivity index (χ0) is 40.7. The van der Waals surface area contributed by atoms with E-state index in [0.717, 1.165) is 17.1 Å². The lowest BCUT2D eigenvalue weighted by Gasteiger charge is -2.30. The summed E-state index contributed by atoms with van der Waals surface area (Å²) in [5.41, 5.74) is 15.9. The molecule has 1 aliphatic carbocycles. The number of fused-ring (bicyclic) bond motifs is 9. The molecule has 10 aromatic carbocycles. The average Bonchev–Trinajstić information content (AvgIpc) is 3.81. The molecule has 288 valence electrons. The second kappa shape index (κ2) is 13.9. The molecule has 1 heterocycles. The number of nitrogens with zero attached hydrogens (tertiary/aromatic N) is 1. The van der Waals surface area contributed by atoms with E-state index in [1.165, 1.54) is 97.4 Å². The zero-order valence-electron chi connectivity index (χ0n) is 34.1. The molecule has 0 saturated carbocycles. The molecule has 1 aromatic heterocycles. The third-order valence-electron chi connectivity index (χ3n) is 13.0. The van der Waals surface area contributed by atoms with Crippen LogP contribution in [0.4, 0.5) is 17.1 Å². The summed E-state index contributed by atoms with van der Waals surface area (Å²) in [6.45, 7) is 4.80. The fraction of sp³-hybridized carbons (Fsp3) is 0.0508. The average molecular weight is 796 g/mol. The zero-order valence-corrected chi connectivity index (χ0v) is 34.9. The van der Waals surface area contributed by atoms with Crippen LogP contribution in [0.2, 0.25) is 0 Å². The van der Waals surface area contributed by atoms with Gasteiger partial charge < -0.3 is 4.90 Å². The summed E-state index contributed by atoms with van der Waals surface area (Å²) in [7, 11) is 0. The monoisotopic (exact) mass is 795 g/mol. The molecule has 11 aromatic rings. The third-order valence-corrected chi connectivity index (χ3v) is 14.3. The Morgan fingerprint density at radius 1 is 0.361 bits per heavy atom. The van der Waals surface area contributed by atoms with Crippen LogP contribution in [0.25, 0.3) is 86.2 Å². The van der Waals surface area contributed by atoms with Gasteiger partial charge in [0.15, 0.2) is 0 Å². The molecular weight excluding hydrogens is 755 g/mol. The van der Waals surface area contributed by atoms with Crippen molar-refractivity contribution in [3.63, 3.8) is 0 Å². The molecule has 0 amide bonds. The second-order valence-electron chi connectivity index (χ2n) is 16.9. The molecule has 0 unspecified atom stereocenters. The quantitative estimate of drug-likeness (QED) is 0.152. The van der Waals surface area contributed by atoms with Crippen molar-refractivity contribution < 1.29 is 0 Å². The molecule has 0 spiro atoms. The Morgan fingerprint density at radius 3 is 1.84 bits per heavy atom. The Balaban J connectivity index is 1.02. The first-order valence-electron chi connectivity index (χ1n) is 21.2. The molecule has 1 nitrogen and oxygen atoms in total. The maximum atomic E-state index is 2.48. The van der Waals surface area contributed by atoms with Gasteiger partial charge in [0.05, 0.1) is 5.69 Å². The predicted molar refractivity (Wildman–Crippen MR) is 263 cm³/mol. The summed E-state index contributed by atoms with van der Waals surface area (Å²) in [5.74, 6) is 0. The number of benzene rings is 10. The minimum absolute atomic E-state index is 0.230. The summed E-state index contributed by atoms with van der Waals surface area (Å²) < 4.78 is 2.64. The van der Waals surface area contributed by atoms with Gasteiger partial charge in [0, 0.05) is 42.5 Å². The van der Waals surface area contributed by atoms with Crippen molar-refractivity contribution in [1.29, 1.82) is 0 Å². The van der Waals surface area contributed by atoms with E-state index in [0.29, 0.717) is 0 Å². The van der Waals surface area contributed by atoms with Crippen LogP contribution in [-0.4, -0.2) is 0 Å². The standard InChI is InChI=1S/C59H41NS/c1-59(2)54-36-41(53-35-40-18-6-7-21-44(40)47-23-8-9-24-48(47)53)30-32-49(54)50-33-31-43(37-55(50)59)60(56-28-12-10-22-45(56)38-16-4-3-5-17-38)42-20-14-19-39(34-42)46-26-15-27-52-51-25-11-13-29-57(51)61-58(46)52/h3-37H,1-2H3. The van der Waals surface area contributed by atoms with Gasteiger partial charge in [0.2, 0.25) is 0 Å². The van der Waals surface area contributed by atoms with Crippen LogP contribution >= 0.6 is 11.3 Å². The molecule has 0 radical (unpaired) electrons. The van der Waals surface area contributed by atoms with Gasteiger partial charge in [-0.2, -0.15) is 0 Å². The normalized spacial score (nSPS) is 12.9. The molecule has 2 heteroatoms. The van der Waals surface area contributed by atoms with Crippen molar-refractivity contribution in [3.8, 4) is 44.5 Å². The van der Waals surface area contributed by atoms with Crippen LogP contribution < -0.4 is 4.90 Å². The van der Waals surface area contributed by atoms with Crippen LogP contribution in [0.5, 0.6) is 0 Å². The Kier molecular flexibility index (Phi) is 8.13. The van der Waals surface area contributed by atoms with Crippen molar-refractivity contribution >= 4 is 70.1 Å². The van der Waals surface area contributed by atoms with E-state index in [9.17, 15) is 0 Å². The highest BCUT2D eigenvalue weighted by molar-refractivity contribution is 7.26. The van der Waals surface area contributed by atoms with Crippen LogP contribution in [-0.2, 0) is 5.41 Å². The highest BCUT2D eigenvalue weighted by Gasteiger charge is 2.36. The Bertz CT molecular complexity index is 3520. The van der Waals surface area contributed by atoms with Crippen LogP contribution in [0, 0.1) is 0 Å². The van der Waals surface area contributed by atoms with E-state index in [2.05, 4.69) is 231 Å². The minimum Gasteiger partial charge on any atom is -0.310 e. The first kappa shape index (κ1) is 35.7. The molecule has 1 aliphatic rings. The van der Waals surface area contributed by atoms with Gasteiger partial charge >= 0.3 is 0 Å². The summed E-state index contributed by atoms with van der Waals surface area (Å²) in [4.78, 5) is 2.48. The smallest absolute Gasteiger partial charge is 0.0540 e. The van der Waals surface area contributed by atoms with Gasteiger partial charge in [0.1, 0.15) is 0 Å². The molecule has 0 aliphatic heterocycles. The predicted octanol–water partition coefficient (Wildman–Crippen LogP) is 17.1. The van der Waals surface area contributed by atoms with E-state index < -0.39 is 0 Å². The molecule has 61 heavy (non-hydrogen) atoms. The summed E-state index contributed by atoms with van der Waals surface area (Å²) in [6.07, 6.45) is 0. The van der Waals surface area contributed by atoms with Gasteiger partial charge in [-0.1, -0.05) is 178 Å². The highest BCUT2D eigenvalue weighted by Crippen LogP contribution is 2.53. The first-order valence-corrected chi connectivity index (χ1v) is 22.0. The van der Waals surface area contributed by atoms with Gasteiger partial charge in [-0.05, 0) is 120 Å². The van der Waals surface area contributed by atoms with Gasteiger partial charge in [-0.15, -0.1) is 11.3 Å². The van der Waals surface area contributed by atoms with Crippen LogP contribution in [0.1, 0.15) is 25.0 Å². The Hall–Kier alpha value is -7.26. The van der Waals surface area contributed by atoms with E-state index in [1.807, 2.05) is 11.3 Å². The number of thiophene rings is 1. The molecular formula is C59H41NS. The topological polar surface area (TPSA) is 3.24 Å². The molecule has 0 atom stereocenters. The number of anilines is 3. The lowest BCUT2D eigenvalue weighted by atomic mass is 9.81. The van der Waals surface area contributed by atoms with Gasteiger partial charge in [-0.25, -0.2) is 0 Å². The van der Waals surface area contributed by atoms with E-state index >= 15 is 0 Å². The molecule has 12 rings (SSSR count). The van der Waals surface area contributed by atoms with Crippen LogP contribution in [0.15, 0.2) is 212 Å². The van der Waals surface area contributed by atoms with Crippen LogP contribution in [0.3, 0.4) is 0 Å². The maximum Gasteiger partial charge on any atom is 0.0540 e. The first-order chi connectivity index (χ1) is 30.0. The molecule has 0 fully saturated rings. The summed E-state index contributed by atoms with van der Waals surface area (Å²) in [5, 5.41) is 7.78. The van der Waals surface area contributed by atoms with Crippen molar-refractivity contribution in [3.05, 3.63) is 223 Å². The van der Waals surface area contributed by atoms with E-state index in [4.69, 9.17) is 0 Å². The summed E-state index contributed by atoms with van der Waals surface area (Å²) >= 11 is 1.88. The van der Waals surface area contributed by atoms with Crippen molar-refractivity contribution in [2.75, 3.05) is 4.90 Å². The van der Waals surface area contributed by atoms with E-state index in [-0.39, 0.29) is 5.41 Å². The van der Waals surface area contributed by atoms with E-state index in [1.54, 1.807) is 0 Å². The Morgan fingerprint density at radius 2 is 0.967 bits per heavy atom. The molecule has 0 saturated heterocycles. The minimum atomic E-state index is -0.230. The fourth-order valence-electron chi connectivity index (χ4n) is 10.1. The third kappa shape index (κ3) is 5.67. The van der Waals surface area contributed by atoms with Gasteiger partial charge in [-0.3, -0.25) is 0 Å². The summed E-state index contributed by atoms with van der Waals surface area (Å²) in [6, 6.07) is 78.6. The Labute approximate surface area is 360 Å². The van der Waals surface area contributed by atoms with Crippen molar-refractivity contribution in [2.45, 2.75) is 19.3 Å². The van der Waals surface area contributed by atoms with Crippen molar-refractivity contribution in [1.82, 2.24) is 0 Å². The number of hydrogen-bond acceptors (Lipinski definition) is 2. The van der Waals surface area contributed by atoms with Crippen molar-refractivity contribution in [2.24, 2.45) is 0 Å². The largest absolute Gasteiger partial charge is 0.310 e. The lowest BCUT2D eigenvalue weighted by Crippen LogP contribution is -2.17. The number of rotatable bonds is 6. The second-order valence-corrected chi connectivity index (χ2v) is 17.9. The maximum absolute atomic E-state index is 2.48. The fourth-order valence-corrected chi connectivity index (χ4v) is 11.3. The highest BCUT2D eigenvalue weighted by atomic mass is 32.1. The molecule has 0 bridgehead atoms. The number of para-hydroxylation sites is 1. The molecule has 0 N–H and O–H groups in total. The SMILES string of the molecule is CC1(C)c2cc(-c3cc4ccccc4c4ccccc34)ccc2-c2ccc(N(c3cccc(-c4cccc5c4sc4ccccc45)c3)c3ccccc3-c3ccccc3)cc21.